The van der Waals surface area contributed by atoms with Crippen molar-refractivity contribution in [3.8, 4) is 5.75 Å². The van der Waals surface area contributed by atoms with Crippen molar-refractivity contribution in [3.63, 3.8) is 0 Å². The van der Waals surface area contributed by atoms with Crippen LogP contribution in [-0.4, -0.2) is 24.2 Å². The maximum atomic E-state index is 10.4. The predicted molar refractivity (Wildman–Crippen MR) is 78.5 cm³/mol. The van der Waals surface area contributed by atoms with E-state index in [1.165, 1.54) is 0 Å². The highest BCUT2D eigenvalue weighted by atomic mass is 79.9. The lowest BCUT2D eigenvalue weighted by Crippen LogP contribution is -2.02. The van der Waals surface area contributed by atoms with Crippen LogP contribution in [0.4, 0.5) is 0 Å². The Bertz CT molecular complexity index is 635. The molecule has 0 bridgehead atoms. The first-order valence-corrected chi connectivity index (χ1v) is 6.93. The Morgan fingerprint density at radius 3 is 1.85 bits per heavy atom. The summed E-state index contributed by atoms with van der Waals surface area (Å²) < 4.78 is 4.78. The number of aromatic nitrogens is 4. The van der Waals surface area contributed by atoms with Gasteiger partial charge in [0.05, 0.1) is 25.7 Å². The third-order valence-electron chi connectivity index (χ3n) is 3.06. The normalized spacial score (nSPS) is 10.8. The van der Waals surface area contributed by atoms with Gasteiger partial charge in [-0.15, -0.1) is 0 Å². The number of nitrogens with zero attached hydrogens (tertiary/aromatic N) is 4. The van der Waals surface area contributed by atoms with E-state index >= 15 is 0 Å². The Morgan fingerprint density at radius 1 is 0.950 bits per heavy atom. The summed E-state index contributed by atoms with van der Waals surface area (Å²) in [5, 5.41) is 10.4. The number of hydrogen-bond acceptors (Lipinski definition) is 3. The van der Waals surface area contributed by atoms with Gasteiger partial charge in [0.15, 0.2) is 0 Å². The van der Waals surface area contributed by atoms with Crippen LogP contribution in [0.15, 0.2) is 54.0 Å². The van der Waals surface area contributed by atoms with Crippen LogP contribution in [0, 0.1) is 0 Å². The van der Waals surface area contributed by atoms with E-state index in [1.807, 2.05) is 33.7 Å². The molecule has 0 aliphatic heterocycles. The van der Waals surface area contributed by atoms with Crippen molar-refractivity contribution in [1.82, 2.24) is 19.1 Å². The standard InChI is InChI=1S/C14H13BrN4O/c15-13-5-11(7-18-3-1-16-9-18)14(20)12(6-13)8-19-4-2-17-10-19/h1-6,9-10,20H,7-8H2. The number of benzene rings is 1. The number of imidazole rings is 2. The Balaban J connectivity index is 1.92. The molecule has 0 unspecified atom stereocenters. The lowest BCUT2D eigenvalue weighted by atomic mass is 10.1. The van der Waals surface area contributed by atoms with Crippen molar-refractivity contribution in [2.75, 3.05) is 0 Å². The first-order valence-electron chi connectivity index (χ1n) is 6.14. The second-order valence-electron chi connectivity index (χ2n) is 4.54. The van der Waals surface area contributed by atoms with Crippen LogP contribution >= 0.6 is 15.9 Å². The molecule has 3 aromatic rings. The fourth-order valence-electron chi connectivity index (χ4n) is 2.11. The Hall–Kier alpha value is -2.08. The molecule has 1 N–H and O–H groups in total. The molecule has 2 heterocycles. The molecule has 0 saturated heterocycles. The van der Waals surface area contributed by atoms with Gasteiger partial charge in [-0.3, -0.25) is 0 Å². The minimum absolute atomic E-state index is 0.315. The van der Waals surface area contributed by atoms with Crippen molar-refractivity contribution < 1.29 is 5.11 Å². The van der Waals surface area contributed by atoms with E-state index in [1.54, 1.807) is 25.0 Å². The van der Waals surface area contributed by atoms with Gasteiger partial charge in [-0.2, -0.15) is 0 Å². The molecule has 0 spiro atoms. The van der Waals surface area contributed by atoms with Crippen molar-refractivity contribution >= 4 is 15.9 Å². The zero-order valence-electron chi connectivity index (χ0n) is 10.6. The number of phenolic OH excluding ortho intramolecular Hbond substituents is 1. The quantitative estimate of drug-likeness (QED) is 0.799. The van der Waals surface area contributed by atoms with Gasteiger partial charge in [-0.05, 0) is 12.1 Å². The van der Waals surface area contributed by atoms with Crippen LogP contribution in [0.2, 0.25) is 0 Å². The first-order chi connectivity index (χ1) is 9.72. The van der Waals surface area contributed by atoms with Gasteiger partial charge in [0, 0.05) is 40.4 Å². The fourth-order valence-corrected chi connectivity index (χ4v) is 2.67. The minimum atomic E-state index is 0.315. The van der Waals surface area contributed by atoms with E-state index in [0.717, 1.165) is 15.6 Å². The van der Waals surface area contributed by atoms with E-state index in [9.17, 15) is 5.11 Å². The second-order valence-corrected chi connectivity index (χ2v) is 5.46. The van der Waals surface area contributed by atoms with Crippen molar-refractivity contribution in [1.29, 1.82) is 0 Å². The summed E-state index contributed by atoms with van der Waals surface area (Å²) >= 11 is 3.49. The highest BCUT2D eigenvalue weighted by Gasteiger charge is 2.10. The highest BCUT2D eigenvalue weighted by Crippen LogP contribution is 2.28. The molecule has 0 amide bonds. The van der Waals surface area contributed by atoms with Gasteiger partial charge >= 0.3 is 0 Å². The smallest absolute Gasteiger partial charge is 0.125 e. The lowest BCUT2D eigenvalue weighted by molar-refractivity contribution is 0.456. The summed E-state index contributed by atoms with van der Waals surface area (Å²) in [6, 6.07) is 3.85. The molecule has 2 aromatic heterocycles. The molecule has 0 aliphatic carbocycles. The molecule has 20 heavy (non-hydrogen) atoms. The largest absolute Gasteiger partial charge is 0.507 e. The molecular weight excluding hydrogens is 320 g/mol. The highest BCUT2D eigenvalue weighted by molar-refractivity contribution is 9.10. The van der Waals surface area contributed by atoms with Crippen LogP contribution in [-0.2, 0) is 13.1 Å². The molecule has 0 fully saturated rings. The van der Waals surface area contributed by atoms with Gasteiger partial charge in [-0.25, -0.2) is 9.97 Å². The summed E-state index contributed by atoms with van der Waals surface area (Å²) in [7, 11) is 0. The third-order valence-corrected chi connectivity index (χ3v) is 3.51. The van der Waals surface area contributed by atoms with Crippen molar-refractivity contribution in [2.24, 2.45) is 0 Å². The van der Waals surface area contributed by atoms with Crippen LogP contribution < -0.4 is 0 Å². The van der Waals surface area contributed by atoms with Crippen LogP contribution in [0.5, 0.6) is 5.75 Å². The molecule has 6 heteroatoms. The average Bonchev–Trinajstić information content (AvgIpc) is 3.08. The summed E-state index contributed by atoms with van der Waals surface area (Å²) in [4.78, 5) is 8.02. The molecule has 102 valence electrons. The molecule has 0 radical (unpaired) electrons. The Kier molecular flexibility index (Phi) is 3.56. The molecular formula is C14H13BrN4O. The summed E-state index contributed by atoms with van der Waals surface area (Å²) in [6.45, 7) is 1.17. The zero-order valence-corrected chi connectivity index (χ0v) is 12.2. The third kappa shape index (κ3) is 2.75. The number of phenols is 1. The monoisotopic (exact) mass is 332 g/mol. The molecule has 1 aromatic carbocycles. The predicted octanol–water partition coefficient (Wildman–Crippen LogP) is 2.64. The van der Waals surface area contributed by atoms with Gasteiger partial charge < -0.3 is 14.2 Å². The van der Waals surface area contributed by atoms with E-state index < -0.39 is 0 Å². The minimum Gasteiger partial charge on any atom is -0.507 e. The topological polar surface area (TPSA) is 55.9 Å². The lowest BCUT2D eigenvalue weighted by Gasteiger charge is -2.12. The number of rotatable bonds is 4. The Labute approximate surface area is 124 Å². The molecule has 3 rings (SSSR count). The van der Waals surface area contributed by atoms with Gasteiger partial charge in [0.1, 0.15) is 5.75 Å². The van der Waals surface area contributed by atoms with E-state index in [2.05, 4.69) is 25.9 Å². The van der Waals surface area contributed by atoms with Gasteiger partial charge in [0.25, 0.3) is 0 Å². The number of halogens is 1. The summed E-state index contributed by atoms with van der Waals surface area (Å²) in [6.07, 6.45) is 10.7. The SMILES string of the molecule is Oc1c(Cn2ccnc2)cc(Br)cc1Cn1ccnc1. The van der Waals surface area contributed by atoms with E-state index in [0.29, 0.717) is 18.8 Å². The average molecular weight is 333 g/mol. The van der Waals surface area contributed by atoms with Crippen LogP contribution in [0.25, 0.3) is 0 Å². The summed E-state index contributed by atoms with van der Waals surface area (Å²) in [5.74, 6) is 0.315. The van der Waals surface area contributed by atoms with Crippen LogP contribution in [0.3, 0.4) is 0 Å². The number of hydrogen-bond donors (Lipinski definition) is 1. The van der Waals surface area contributed by atoms with Gasteiger partial charge in [-0.1, -0.05) is 15.9 Å². The zero-order chi connectivity index (χ0) is 13.9. The fraction of sp³-hybridized carbons (Fsp3) is 0.143. The van der Waals surface area contributed by atoms with E-state index in [4.69, 9.17) is 0 Å². The molecule has 0 aliphatic rings. The molecule has 0 saturated carbocycles. The second kappa shape index (κ2) is 5.50. The van der Waals surface area contributed by atoms with E-state index in [-0.39, 0.29) is 0 Å². The van der Waals surface area contributed by atoms with Gasteiger partial charge in [0.2, 0.25) is 0 Å². The number of aromatic hydroxyl groups is 1. The summed E-state index contributed by atoms with van der Waals surface area (Å²) in [5.41, 5.74) is 1.71. The van der Waals surface area contributed by atoms with Crippen molar-refractivity contribution in [3.05, 3.63) is 65.2 Å². The Morgan fingerprint density at radius 2 is 1.45 bits per heavy atom. The molecule has 5 nitrogen and oxygen atoms in total. The van der Waals surface area contributed by atoms with Crippen LogP contribution in [0.1, 0.15) is 11.1 Å². The maximum Gasteiger partial charge on any atom is 0.125 e. The first kappa shape index (κ1) is 12.9. The van der Waals surface area contributed by atoms with Crippen molar-refractivity contribution in [2.45, 2.75) is 13.1 Å². The maximum absolute atomic E-state index is 10.4. The molecule has 0 atom stereocenters.